The molecule has 1 fully saturated rings. The van der Waals surface area contributed by atoms with E-state index in [2.05, 4.69) is 33.4 Å². The Morgan fingerprint density at radius 3 is 2.85 bits per heavy atom. The van der Waals surface area contributed by atoms with Crippen molar-refractivity contribution < 1.29 is 0 Å². The summed E-state index contributed by atoms with van der Waals surface area (Å²) in [5.74, 6) is 0.699. The van der Waals surface area contributed by atoms with Crippen LogP contribution in [0.15, 0.2) is 30.2 Å². The number of nitrogens with one attached hydrogen (secondary N) is 1. The van der Waals surface area contributed by atoms with Gasteiger partial charge in [0.15, 0.2) is 0 Å². The van der Waals surface area contributed by atoms with Crippen LogP contribution in [0.4, 0.5) is 0 Å². The Kier molecular flexibility index (Phi) is 3.03. The number of pyridine rings is 1. The topological polar surface area (TPSA) is 41.6 Å². The highest BCUT2D eigenvalue weighted by Gasteiger charge is 2.17. The number of rotatable bonds is 2. The van der Waals surface area contributed by atoms with E-state index in [0.29, 0.717) is 5.92 Å². The number of nitrogens with zero attached hydrogens (tertiary/aromatic N) is 2. The summed E-state index contributed by atoms with van der Waals surface area (Å²) in [7, 11) is 0. The molecule has 0 saturated heterocycles. The van der Waals surface area contributed by atoms with Gasteiger partial charge in [-0.05, 0) is 30.4 Å². The Morgan fingerprint density at radius 2 is 2.05 bits per heavy atom. The Balaban J connectivity index is 1.79. The van der Waals surface area contributed by atoms with Crippen molar-refractivity contribution in [1.29, 1.82) is 0 Å². The van der Waals surface area contributed by atoms with E-state index in [1.165, 1.54) is 53.5 Å². The Bertz CT molecular complexity index is 708. The second-order valence-corrected chi connectivity index (χ2v) is 6.45. The molecule has 0 spiro atoms. The first kappa shape index (κ1) is 12.1. The number of thiazole rings is 1. The van der Waals surface area contributed by atoms with Crippen LogP contribution in [0.3, 0.4) is 0 Å². The summed E-state index contributed by atoms with van der Waals surface area (Å²) in [5, 5.41) is 1.23. The van der Waals surface area contributed by atoms with Gasteiger partial charge in [0.1, 0.15) is 5.65 Å². The molecular weight excluding hydrogens is 266 g/mol. The molecule has 0 aromatic carbocycles. The van der Waals surface area contributed by atoms with Crippen LogP contribution in [-0.4, -0.2) is 15.0 Å². The van der Waals surface area contributed by atoms with Crippen molar-refractivity contribution in [2.75, 3.05) is 0 Å². The third-order valence-corrected chi connectivity index (χ3v) is 5.13. The molecule has 0 atom stereocenters. The highest BCUT2D eigenvalue weighted by atomic mass is 32.1. The average Bonchev–Trinajstić information content (AvgIpc) is 3.16. The summed E-state index contributed by atoms with van der Waals surface area (Å²) in [5.41, 5.74) is 5.50. The van der Waals surface area contributed by atoms with Gasteiger partial charge in [0.05, 0.1) is 10.4 Å². The molecule has 1 aliphatic rings. The zero-order chi connectivity index (χ0) is 13.4. The summed E-state index contributed by atoms with van der Waals surface area (Å²) in [6.45, 7) is 0. The molecule has 3 heterocycles. The lowest BCUT2D eigenvalue weighted by Gasteiger charge is -2.21. The summed E-state index contributed by atoms with van der Waals surface area (Å²) in [6.07, 6.45) is 12.8. The lowest BCUT2D eigenvalue weighted by molar-refractivity contribution is 0.443. The number of aromatic nitrogens is 3. The molecule has 0 aliphatic heterocycles. The molecule has 0 unspecified atom stereocenters. The van der Waals surface area contributed by atoms with Crippen molar-refractivity contribution in [2.45, 2.75) is 38.0 Å². The first-order valence-corrected chi connectivity index (χ1v) is 8.15. The van der Waals surface area contributed by atoms with E-state index in [9.17, 15) is 0 Å². The van der Waals surface area contributed by atoms with Crippen LogP contribution in [0.1, 0.15) is 43.6 Å². The number of fused-ring (bicyclic) bond motifs is 1. The zero-order valence-electron chi connectivity index (χ0n) is 11.3. The molecule has 102 valence electrons. The van der Waals surface area contributed by atoms with Crippen LogP contribution in [-0.2, 0) is 0 Å². The highest BCUT2D eigenvalue weighted by molar-refractivity contribution is 7.13. The van der Waals surface area contributed by atoms with E-state index in [1.54, 1.807) is 11.3 Å². The van der Waals surface area contributed by atoms with E-state index < -0.39 is 0 Å². The van der Waals surface area contributed by atoms with Gasteiger partial charge >= 0.3 is 0 Å². The van der Waals surface area contributed by atoms with Crippen LogP contribution in [0.5, 0.6) is 0 Å². The highest BCUT2D eigenvalue weighted by Crippen LogP contribution is 2.36. The molecular formula is C16H17N3S. The van der Waals surface area contributed by atoms with Crippen molar-refractivity contribution in [1.82, 2.24) is 15.0 Å². The van der Waals surface area contributed by atoms with Crippen molar-refractivity contribution in [2.24, 2.45) is 0 Å². The van der Waals surface area contributed by atoms with Crippen LogP contribution in [0.25, 0.3) is 21.5 Å². The number of aromatic amines is 1. The maximum absolute atomic E-state index is 4.62. The summed E-state index contributed by atoms with van der Waals surface area (Å²) < 4.78 is 0. The first-order valence-electron chi connectivity index (χ1n) is 7.28. The Labute approximate surface area is 122 Å². The van der Waals surface area contributed by atoms with E-state index in [0.717, 1.165) is 5.65 Å². The van der Waals surface area contributed by atoms with Crippen molar-refractivity contribution >= 4 is 22.4 Å². The molecule has 3 aromatic heterocycles. The third-order valence-electron chi connectivity index (χ3n) is 4.33. The van der Waals surface area contributed by atoms with E-state index in [-0.39, 0.29) is 0 Å². The second kappa shape index (κ2) is 5.02. The second-order valence-electron chi connectivity index (χ2n) is 5.57. The predicted molar refractivity (Wildman–Crippen MR) is 83.0 cm³/mol. The molecule has 0 bridgehead atoms. The van der Waals surface area contributed by atoms with Crippen molar-refractivity contribution in [3.8, 4) is 10.4 Å². The van der Waals surface area contributed by atoms with Crippen LogP contribution in [0.2, 0.25) is 0 Å². The number of hydrogen-bond donors (Lipinski definition) is 1. The minimum absolute atomic E-state index is 0.699. The van der Waals surface area contributed by atoms with Gasteiger partial charge in [0.25, 0.3) is 0 Å². The summed E-state index contributed by atoms with van der Waals surface area (Å²) >= 11 is 1.68. The van der Waals surface area contributed by atoms with Gasteiger partial charge in [0.2, 0.25) is 0 Å². The van der Waals surface area contributed by atoms with E-state index >= 15 is 0 Å². The van der Waals surface area contributed by atoms with Gasteiger partial charge in [-0.25, -0.2) is 4.98 Å². The monoisotopic (exact) mass is 283 g/mol. The summed E-state index contributed by atoms with van der Waals surface area (Å²) in [6, 6.07) is 2.34. The van der Waals surface area contributed by atoms with Crippen LogP contribution in [0, 0.1) is 0 Å². The third kappa shape index (κ3) is 2.04. The minimum Gasteiger partial charge on any atom is -0.345 e. The molecule has 3 aromatic rings. The smallest absolute Gasteiger partial charge is 0.137 e. The van der Waals surface area contributed by atoms with E-state index in [4.69, 9.17) is 0 Å². The molecule has 1 saturated carbocycles. The van der Waals surface area contributed by atoms with Gasteiger partial charge in [-0.3, -0.25) is 4.98 Å². The fourth-order valence-corrected chi connectivity index (χ4v) is 3.88. The molecule has 1 aliphatic carbocycles. The first-order chi connectivity index (χ1) is 9.92. The fourth-order valence-electron chi connectivity index (χ4n) is 3.23. The van der Waals surface area contributed by atoms with Crippen LogP contribution < -0.4 is 0 Å². The lowest BCUT2D eigenvalue weighted by atomic mass is 9.84. The molecule has 20 heavy (non-hydrogen) atoms. The molecule has 4 rings (SSSR count). The fraction of sp³-hybridized carbons (Fsp3) is 0.375. The van der Waals surface area contributed by atoms with E-state index in [1.807, 2.05) is 11.7 Å². The number of hydrogen-bond acceptors (Lipinski definition) is 3. The number of H-pyrrole nitrogens is 1. The molecule has 1 N–H and O–H groups in total. The maximum Gasteiger partial charge on any atom is 0.137 e. The summed E-state index contributed by atoms with van der Waals surface area (Å²) in [4.78, 5) is 13.3. The SMILES string of the molecule is c1ncc(-c2c[nH]c3ncc(C4CCCCC4)cc23)s1. The Morgan fingerprint density at radius 1 is 1.15 bits per heavy atom. The molecule has 0 radical (unpaired) electrons. The minimum atomic E-state index is 0.699. The lowest BCUT2D eigenvalue weighted by Crippen LogP contribution is -2.04. The van der Waals surface area contributed by atoms with Crippen molar-refractivity contribution in [3.05, 3.63) is 35.7 Å². The normalized spacial score (nSPS) is 16.8. The van der Waals surface area contributed by atoms with Crippen molar-refractivity contribution in [3.63, 3.8) is 0 Å². The largest absolute Gasteiger partial charge is 0.345 e. The predicted octanol–water partition coefficient (Wildman–Crippen LogP) is 4.73. The van der Waals surface area contributed by atoms with Gasteiger partial charge in [-0.15, -0.1) is 11.3 Å². The Hall–Kier alpha value is -1.68. The average molecular weight is 283 g/mol. The van der Waals surface area contributed by atoms with Gasteiger partial charge < -0.3 is 4.98 Å². The molecule has 4 heteroatoms. The van der Waals surface area contributed by atoms with Crippen LogP contribution >= 0.6 is 11.3 Å². The van der Waals surface area contributed by atoms with Gasteiger partial charge in [-0.1, -0.05) is 19.3 Å². The van der Waals surface area contributed by atoms with Gasteiger partial charge in [-0.2, -0.15) is 0 Å². The standard InChI is InChI=1S/C16H17N3S/c1-2-4-11(5-3-1)12-6-13-14(15-9-17-10-20-15)8-19-16(13)18-7-12/h6-11H,1-5H2,(H,18,19). The zero-order valence-corrected chi connectivity index (χ0v) is 12.1. The quantitative estimate of drug-likeness (QED) is 0.738. The molecule has 3 nitrogen and oxygen atoms in total. The maximum atomic E-state index is 4.62. The molecule has 0 amide bonds. The van der Waals surface area contributed by atoms with Gasteiger partial charge in [0, 0.05) is 29.5 Å².